The Labute approximate surface area is 157 Å². The van der Waals surface area contributed by atoms with Gasteiger partial charge in [0.1, 0.15) is 5.92 Å². The van der Waals surface area contributed by atoms with E-state index in [1.807, 2.05) is 12.1 Å². The molecule has 0 aliphatic carbocycles. The molecule has 2 aromatic carbocycles. The third-order valence-electron chi connectivity index (χ3n) is 5.47. The second-order valence-corrected chi connectivity index (χ2v) is 7.06. The van der Waals surface area contributed by atoms with Crippen molar-refractivity contribution in [1.29, 1.82) is 0 Å². The maximum Gasteiger partial charge on any atom is 0.246 e. The molecular weight excluding hydrogens is 340 g/mol. The first kappa shape index (κ1) is 17.5. The van der Waals surface area contributed by atoms with Crippen LogP contribution in [0.1, 0.15) is 26.2 Å². The third kappa shape index (κ3) is 2.86. The Kier molecular flexibility index (Phi) is 4.58. The van der Waals surface area contributed by atoms with E-state index >= 15 is 0 Å². The first-order chi connectivity index (χ1) is 13.2. The number of nitrogens with one attached hydrogen (secondary N) is 1. The van der Waals surface area contributed by atoms with Crippen molar-refractivity contribution in [3.05, 3.63) is 42.5 Å². The van der Waals surface area contributed by atoms with E-state index in [0.29, 0.717) is 13.0 Å². The smallest absolute Gasteiger partial charge is 0.246 e. The molecule has 1 unspecified atom stereocenters. The highest BCUT2D eigenvalue weighted by molar-refractivity contribution is 6.12. The van der Waals surface area contributed by atoms with E-state index in [1.54, 1.807) is 4.90 Å². The Bertz CT molecular complexity index is 1020. The minimum atomic E-state index is -0.698. The second-order valence-electron chi connectivity index (χ2n) is 7.06. The van der Waals surface area contributed by atoms with Crippen molar-refractivity contribution >= 4 is 39.3 Å². The Balaban J connectivity index is 1.78. The molecule has 1 aromatic heterocycles. The summed E-state index contributed by atoms with van der Waals surface area (Å²) in [6, 6.07) is 14.5. The molecule has 3 N–H and O–H groups in total. The zero-order valence-corrected chi connectivity index (χ0v) is 15.4. The maximum atomic E-state index is 12.7. The molecule has 3 aromatic rings. The summed E-state index contributed by atoms with van der Waals surface area (Å²) in [5.74, 6) is 3.90. The predicted octanol–water partition coefficient (Wildman–Crippen LogP) is 2.94. The van der Waals surface area contributed by atoms with Crippen molar-refractivity contribution in [3.63, 3.8) is 0 Å². The third-order valence-corrected chi connectivity index (χ3v) is 5.47. The van der Waals surface area contributed by atoms with Gasteiger partial charge in [0.2, 0.25) is 11.8 Å². The van der Waals surface area contributed by atoms with Gasteiger partial charge in [0, 0.05) is 40.6 Å². The fourth-order valence-electron chi connectivity index (χ4n) is 4.05. The first-order valence-electron chi connectivity index (χ1n) is 9.48. The zero-order valence-electron chi connectivity index (χ0n) is 15.4. The average Bonchev–Trinajstić information content (AvgIpc) is 3.23. The predicted molar refractivity (Wildman–Crippen MR) is 107 cm³/mol. The molecule has 140 valence electrons. The number of hydrogen-bond acceptors (Lipinski definition) is 3. The maximum absolute atomic E-state index is 12.7. The van der Waals surface area contributed by atoms with Crippen LogP contribution in [0.25, 0.3) is 21.8 Å². The largest absolute Gasteiger partial charge is 0.340 e. The lowest BCUT2D eigenvalue weighted by Crippen LogP contribution is -2.40. The molecule has 2 amide bonds. The SMILES string of the molecule is CCCCn1c2ccccc2c2cc(N3CCC(C(=O)NN)C3=O)ccc21. The number of anilines is 1. The molecule has 0 radical (unpaired) electrons. The summed E-state index contributed by atoms with van der Waals surface area (Å²) in [5.41, 5.74) is 5.32. The lowest BCUT2D eigenvalue weighted by Gasteiger charge is -2.17. The van der Waals surface area contributed by atoms with E-state index in [2.05, 4.69) is 47.2 Å². The van der Waals surface area contributed by atoms with Crippen LogP contribution in [0.15, 0.2) is 42.5 Å². The number of unbranched alkanes of at least 4 members (excludes halogenated alkanes) is 1. The number of para-hydroxylation sites is 1. The number of carbonyl (C=O) groups is 2. The Morgan fingerprint density at radius 3 is 2.74 bits per heavy atom. The van der Waals surface area contributed by atoms with Crippen molar-refractivity contribution in [2.75, 3.05) is 11.4 Å². The number of aryl methyl sites for hydroxylation is 1. The minimum Gasteiger partial charge on any atom is -0.340 e. The van der Waals surface area contributed by atoms with Crippen LogP contribution in [0.2, 0.25) is 0 Å². The Morgan fingerprint density at radius 2 is 1.96 bits per heavy atom. The fraction of sp³-hybridized carbons (Fsp3) is 0.333. The van der Waals surface area contributed by atoms with Crippen LogP contribution >= 0.6 is 0 Å². The van der Waals surface area contributed by atoms with Gasteiger partial charge in [0.05, 0.1) is 0 Å². The van der Waals surface area contributed by atoms with Gasteiger partial charge in [-0.2, -0.15) is 0 Å². The van der Waals surface area contributed by atoms with Gasteiger partial charge >= 0.3 is 0 Å². The first-order valence-corrected chi connectivity index (χ1v) is 9.48. The van der Waals surface area contributed by atoms with Gasteiger partial charge in [-0.15, -0.1) is 0 Å². The second kappa shape index (κ2) is 7.04. The van der Waals surface area contributed by atoms with Gasteiger partial charge in [-0.05, 0) is 37.1 Å². The van der Waals surface area contributed by atoms with E-state index < -0.39 is 11.8 Å². The number of carbonyl (C=O) groups excluding carboxylic acids is 2. The van der Waals surface area contributed by atoms with Crippen LogP contribution in [-0.2, 0) is 16.1 Å². The van der Waals surface area contributed by atoms with Crippen LogP contribution in [0.5, 0.6) is 0 Å². The molecule has 27 heavy (non-hydrogen) atoms. The van der Waals surface area contributed by atoms with Crippen molar-refractivity contribution in [3.8, 4) is 0 Å². The molecular formula is C21H24N4O2. The highest BCUT2D eigenvalue weighted by Crippen LogP contribution is 2.34. The van der Waals surface area contributed by atoms with E-state index in [0.717, 1.165) is 30.5 Å². The van der Waals surface area contributed by atoms with Crippen LogP contribution in [0.4, 0.5) is 5.69 Å². The Hall–Kier alpha value is -2.86. The number of rotatable bonds is 5. The number of hydrazine groups is 1. The summed E-state index contributed by atoms with van der Waals surface area (Å²) in [4.78, 5) is 26.2. The molecule has 4 rings (SSSR count). The van der Waals surface area contributed by atoms with Crippen LogP contribution in [-0.4, -0.2) is 22.9 Å². The van der Waals surface area contributed by atoms with Gasteiger partial charge in [0.25, 0.3) is 0 Å². The fourth-order valence-corrected chi connectivity index (χ4v) is 4.05. The lowest BCUT2D eigenvalue weighted by molar-refractivity contribution is -0.132. The number of amides is 2. The molecule has 6 heteroatoms. The highest BCUT2D eigenvalue weighted by Gasteiger charge is 2.37. The monoisotopic (exact) mass is 364 g/mol. The minimum absolute atomic E-state index is 0.188. The molecule has 1 atom stereocenters. The number of fused-ring (bicyclic) bond motifs is 3. The summed E-state index contributed by atoms with van der Waals surface area (Å²) in [6.45, 7) is 3.69. The molecule has 6 nitrogen and oxygen atoms in total. The van der Waals surface area contributed by atoms with Crippen LogP contribution < -0.4 is 16.2 Å². The van der Waals surface area contributed by atoms with E-state index in [9.17, 15) is 9.59 Å². The molecule has 0 spiro atoms. The zero-order chi connectivity index (χ0) is 19.0. The summed E-state index contributed by atoms with van der Waals surface area (Å²) < 4.78 is 2.36. The van der Waals surface area contributed by atoms with E-state index in [-0.39, 0.29) is 5.91 Å². The molecule has 0 saturated carbocycles. The van der Waals surface area contributed by atoms with Crippen molar-refractivity contribution < 1.29 is 9.59 Å². The molecule has 1 aliphatic rings. The van der Waals surface area contributed by atoms with Crippen molar-refractivity contribution in [1.82, 2.24) is 9.99 Å². The van der Waals surface area contributed by atoms with Crippen LogP contribution in [0.3, 0.4) is 0 Å². The van der Waals surface area contributed by atoms with Gasteiger partial charge in [0.15, 0.2) is 0 Å². The highest BCUT2D eigenvalue weighted by atomic mass is 16.2. The lowest BCUT2D eigenvalue weighted by atomic mass is 10.1. The van der Waals surface area contributed by atoms with E-state index in [4.69, 9.17) is 5.84 Å². The van der Waals surface area contributed by atoms with Gasteiger partial charge in [-0.1, -0.05) is 31.5 Å². The van der Waals surface area contributed by atoms with Gasteiger partial charge in [-0.25, -0.2) is 5.84 Å². The van der Waals surface area contributed by atoms with Gasteiger partial charge < -0.3 is 9.47 Å². The van der Waals surface area contributed by atoms with Crippen molar-refractivity contribution in [2.24, 2.45) is 11.8 Å². The number of nitrogens with zero attached hydrogens (tertiary/aromatic N) is 2. The Morgan fingerprint density at radius 1 is 1.19 bits per heavy atom. The van der Waals surface area contributed by atoms with Gasteiger partial charge in [-0.3, -0.25) is 15.0 Å². The summed E-state index contributed by atoms with van der Waals surface area (Å²) in [5, 5.41) is 2.33. The standard InChI is InChI=1S/C21H24N4O2/c1-2-3-11-25-18-7-5-4-6-15(18)17-13-14(8-9-19(17)25)24-12-10-16(21(24)27)20(26)23-22/h4-9,13,16H,2-3,10-12,22H2,1H3,(H,23,26). The topological polar surface area (TPSA) is 80.4 Å². The summed E-state index contributed by atoms with van der Waals surface area (Å²) in [6.07, 6.45) is 2.74. The number of nitrogens with two attached hydrogens (primary N) is 1. The number of benzene rings is 2. The molecule has 1 fully saturated rings. The van der Waals surface area contributed by atoms with E-state index in [1.165, 1.54) is 16.4 Å². The molecule has 1 aliphatic heterocycles. The molecule has 1 saturated heterocycles. The average molecular weight is 364 g/mol. The normalized spacial score (nSPS) is 17.2. The molecule has 2 heterocycles. The molecule has 0 bridgehead atoms. The summed E-state index contributed by atoms with van der Waals surface area (Å²) in [7, 11) is 0. The van der Waals surface area contributed by atoms with Crippen LogP contribution in [0, 0.1) is 5.92 Å². The number of hydrogen-bond donors (Lipinski definition) is 2. The van der Waals surface area contributed by atoms with Crippen molar-refractivity contribution in [2.45, 2.75) is 32.7 Å². The number of aromatic nitrogens is 1. The quantitative estimate of drug-likeness (QED) is 0.316. The summed E-state index contributed by atoms with van der Waals surface area (Å²) >= 11 is 0.